The van der Waals surface area contributed by atoms with Gasteiger partial charge in [0.25, 0.3) is 6.04 Å². The zero-order chi connectivity index (χ0) is 12.3. The minimum atomic E-state index is -0.692. The van der Waals surface area contributed by atoms with Gasteiger partial charge in [-0.3, -0.25) is 10.1 Å². The van der Waals surface area contributed by atoms with E-state index < -0.39 is 6.04 Å². The standard InChI is InChI=1S/C13H14N2O2/c1-11-4-6-12(7-5-11)13(15(16)17)10-14-8-2-3-9-14/h2-9,13H,10H2,1H3. The van der Waals surface area contributed by atoms with Gasteiger partial charge in [-0.1, -0.05) is 29.8 Å². The number of aryl methyl sites for hydroxylation is 1. The van der Waals surface area contributed by atoms with E-state index in [1.54, 1.807) is 0 Å². The van der Waals surface area contributed by atoms with Gasteiger partial charge in [-0.15, -0.1) is 0 Å². The van der Waals surface area contributed by atoms with Crippen molar-refractivity contribution in [3.05, 3.63) is 70.0 Å². The Morgan fingerprint density at radius 1 is 1.24 bits per heavy atom. The molecule has 1 aromatic carbocycles. The highest BCUT2D eigenvalue weighted by Crippen LogP contribution is 2.19. The second-order valence-corrected chi connectivity index (χ2v) is 4.09. The Bertz CT molecular complexity index is 489. The van der Waals surface area contributed by atoms with E-state index in [1.165, 1.54) is 0 Å². The van der Waals surface area contributed by atoms with Crippen molar-refractivity contribution in [2.75, 3.05) is 0 Å². The van der Waals surface area contributed by atoms with Crippen molar-refractivity contribution in [3.63, 3.8) is 0 Å². The maximum atomic E-state index is 11.1. The maximum absolute atomic E-state index is 11.1. The molecule has 0 aliphatic rings. The molecule has 0 amide bonds. The molecule has 2 rings (SSSR count). The van der Waals surface area contributed by atoms with Crippen LogP contribution in [0.3, 0.4) is 0 Å². The van der Waals surface area contributed by atoms with Gasteiger partial charge >= 0.3 is 0 Å². The number of nitrogens with zero attached hydrogens (tertiary/aromatic N) is 2. The van der Waals surface area contributed by atoms with Crippen LogP contribution < -0.4 is 0 Å². The lowest BCUT2D eigenvalue weighted by atomic mass is 10.1. The molecule has 0 saturated heterocycles. The highest BCUT2D eigenvalue weighted by molar-refractivity contribution is 5.23. The second kappa shape index (κ2) is 4.82. The molecule has 88 valence electrons. The van der Waals surface area contributed by atoms with Gasteiger partial charge in [0.15, 0.2) is 0 Å². The first-order valence-corrected chi connectivity index (χ1v) is 5.47. The van der Waals surface area contributed by atoms with Crippen LogP contribution in [0.15, 0.2) is 48.8 Å². The molecule has 17 heavy (non-hydrogen) atoms. The molecule has 2 aromatic rings. The van der Waals surface area contributed by atoms with E-state index in [0.717, 1.165) is 11.1 Å². The zero-order valence-electron chi connectivity index (χ0n) is 9.61. The largest absolute Gasteiger partial charge is 0.347 e. The van der Waals surface area contributed by atoms with Gasteiger partial charge in [0.2, 0.25) is 0 Å². The van der Waals surface area contributed by atoms with Crippen LogP contribution in [-0.2, 0) is 6.54 Å². The number of aromatic nitrogens is 1. The van der Waals surface area contributed by atoms with Gasteiger partial charge in [0.05, 0.1) is 6.54 Å². The molecule has 1 heterocycles. The smallest absolute Gasteiger partial charge is 0.255 e. The summed E-state index contributed by atoms with van der Waals surface area (Å²) in [6, 6.07) is 10.5. The fraction of sp³-hybridized carbons (Fsp3) is 0.231. The summed E-state index contributed by atoms with van der Waals surface area (Å²) in [6.07, 6.45) is 3.68. The van der Waals surface area contributed by atoms with Crippen molar-refractivity contribution in [2.24, 2.45) is 0 Å². The Balaban J connectivity index is 2.23. The third kappa shape index (κ3) is 2.72. The number of nitro groups is 1. The van der Waals surface area contributed by atoms with E-state index in [4.69, 9.17) is 0 Å². The molecule has 0 radical (unpaired) electrons. The average molecular weight is 230 g/mol. The zero-order valence-corrected chi connectivity index (χ0v) is 9.61. The Morgan fingerprint density at radius 2 is 1.82 bits per heavy atom. The summed E-state index contributed by atoms with van der Waals surface area (Å²) in [5.41, 5.74) is 1.85. The summed E-state index contributed by atoms with van der Waals surface area (Å²) in [4.78, 5) is 10.9. The van der Waals surface area contributed by atoms with Crippen molar-refractivity contribution in [1.29, 1.82) is 0 Å². The van der Waals surface area contributed by atoms with Gasteiger partial charge in [-0.05, 0) is 19.1 Å². The summed E-state index contributed by atoms with van der Waals surface area (Å²) in [5, 5.41) is 11.1. The van der Waals surface area contributed by atoms with E-state index in [2.05, 4.69) is 0 Å². The van der Waals surface area contributed by atoms with Crippen LogP contribution in [0.4, 0.5) is 0 Å². The molecule has 0 bridgehead atoms. The number of hydrogen-bond donors (Lipinski definition) is 0. The van der Waals surface area contributed by atoms with Crippen molar-refractivity contribution in [3.8, 4) is 0 Å². The Hall–Kier alpha value is -2.10. The van der Waals surface area contributed by atoms with Gasteiger partial charge in [-0.2, -0.15) is 0 Å². The molecule has 4 heteroatoms. The minimum absolute atomic E-state index is 0.231. The molecule has 0 N–H and O–H groups in total. The van der Waals surface area contributed by atoms with Gasteiger partial charge in [0.1, 0.15) is 0 Å². The fourth-order valence-corrected chi connectivity index (χ4v) is 1.77. The molecule has 0 aliphatic heterocycles. The Labute approximate surface area is 99.7 Å². The SMILES string of the molecule is Cc1ccc(C(Cn2cccc2)[N+](=O)[O-])cc1. The van der Waals surface area contributed by atoms with E-state index in [1.807, 2.05) is 60.3 Å². The second-order valence-electron chi connectivity index (χ2n) is 4.09. The first-order valence-electron chi connectivity index (χ1n) is 5.47. The van der Waals surface area contributed by atoms with Crippen molar-refractivity contribution in [1.82, 2.24) is 4.57 Å². The number of benzene rings is 1. The summed E-state index contributed by atoms with van der Waals surface area (Å²) >= 11 is 0. The van der Waals surface area contributed by atoms with Crippen LogP contribution in [0.5, 0.6) is 0 Å². The molecule has 0 saturated carbocycles. The number of hydrogen-bond acceptors (Lipinski definition) is 2. The van der Waals surface area contributed by atoms with Crippen LogP contribution in [-0.4, -0.2) is 9.49 Å². The molecule has 0 fully saturated rings. The van der Waals surface area contributed by atoms with Crippen LogP contribution in [0, 0.1) is 17.0 Å². The van der Waals surface area contributed by atoms with Crippen LogP contribution in [0.2, 0.25) is 0 Å². The molecular weight excluding hydrogens is 216 g/mol. The summed E-state index contributed by atoms with van der Waals surface area (Å²) < 4.78 is 1.83. The minimum Gasteiger partial charge on any atom is -0.347 e. The predicted molar refractivity (Wildman–Crippen MR) is 65.3 cm³/mol. The van der Waals surface area contributed by atoms with Crippen molar-refractivity contribution >= 4 is 0 Å². The summed E-state index contributed by atoms with van der Waals surface area (Å²) in [6.45, 7) is 2.33. The van der Waals surface area contributed by atoms with E-state index in [-0.39, 0.29) is 4.92 Å². The third-order valence-corrected chi connectivity index (χ3v) is 2.77. The monoisotopic (exact) mass is 230 g/mol. The lowest BCUT2D eigenvalue weighted by Crippen LogP contribution is -2.16. The normalized spacial score (nSPS) is 12.3. The molecule has 1 aromatic heterocycles. The molecular formula is C13H14N2O2. The van der Waals surface area contributed by atoms with Gasteiger partial charge < -0.3 is 4.57 Å². The van der Waals surface area contributed by atoms with E-state index in [9.17, 15) is 10.1 Å². The molecule has 1 unspecified atom stereocenters. The van der Waals surface area contributed by atoms with Crippen molar-refractivity contribution < 1.29 is 4.92 Å². The van der Waals surface area contributed by atoms with Crippen LogP contribution in [0.25, 0.3) is 0 Å². The maximum Gasteiger partial charge on any atom is 0.255 e. The third-order valence-electron chi connectivity index (χ3n) is 2.77. The van der Waals surface area contributed by atoms with E-state index in [0.29, 0.717) is 6.54 Å². The van der Waals surface area contributed by atoms with Gasteiger partial charge in [0, 0.05) is 22.9 Å². The fourth-order valence-electron chi connectivity index (χ4n) is 1.77. The molecule has 4 nitrogen and oxygen atoms in total. The van der Waals surface area contributed by atoms with E-state index >= 15 is 0 Å². The topological polar surface area (TPSA) is 48.1 Å². The quantitative estimate of drug-likeness (QED) is 0.599. The summed E-state index contributed by atoms with van der Waals surface area (Å²) in [7, 11) is 0. The number of rotatable bonds is 4. The highest BCUT2D eigenvalue weighted by atomic mass is 16.6. The first-order chi connectivity index (χ1) is 8.16. The van der Waals surface area contributed by atoms with Crippen LogP contribution in [0.1, 0.15) is 17.2 Å². The predicted octanol–water partition coefficient (Wildman–Crippen LogP) is 2.81. The average Bonchev–Trinajstić information content (AvgIpc) is 2.80. The first kappa shape index (κ1) is 11.4. The Morgan fingerprint density at radius 3 is 2.35 bits per heavy atom. The lowest BCUT2D eigenvalue weighted by molar-refractivity contribution is -0.531. The highest BCUT2D eigenvalue weighted by Gasteiger charge is 2.22. The molecule has 0 spiro atoms. The molecule has 0 aliphatic carbocycles. The van der Waals surface area contributed by atoms with Gasteiger partial charge in [-0.25, -0.2) is 0 Å². The lowest BCUT2D eigenvalue weighted by Gasteiger charge is -2.11. The summed E-state index contributed by atoms with van der Waals surface area (Å²) in [5.74, 6) is 0. The van der Waals surface area contributed by atoms with Crippen LogP contribution >= 0.6 is 0 Å². The molecule has 1 atom stereocenters. The Kier molecular flexibility index (Phi) is 3.23. The van der Waals surface area contributed by atoms with Crippen molar-refractivity contribution in [2.45, 2.75) is 19.5 Å².